The lowest BCUT2D eigenvalue weighted by Gasteiger charge is -2.20. The van der Waals surface area contributed by atoms with Crippen molar-refractivity contribution < 1.29 is 0 Å². The molecule has 1 atom stereocenters. The van der Waals surface area contributed by atoms with Crippen LogP contribution in [0.25, 0.3) is 0 Å². The molecule has 18 heavy (non-hydrogen) atoms. The lowest BCUT2D eigenvalue weighted by Crippen LogP contribution is -2.11. The van der Waals surface area contributed by atoms with Crippen molar-refractivity contribution in [3.05, 3.63) is 59.9 Å². The Morgan fingerprint density at radius 3 is 2.56 bits per heavy atom. The van der Waals surface area contributed by atoms with Gasteiger partial charge in [-0.3, -0.25) is 9.98 Å². The fraction of sp³-hybridized carbons (Fsp3) is 0.0769. The van der Waals surface area contributed by atoms with Gasteiger partial charge in [-0.25, -0.2) is 0 Å². The molecule has 0 saturated carbocycles. The van der Waals surface area contributed by atoms with Crippen molar-refractivity contribution in [1.82, 2.24) is 4.98 Å². The number of fused-ring (bicyclic) bond motifs is 1. The van der Waals surface area contributed by atoms with E-state index in [9.17, 15) is 0 Å². The number of rotatable bonds is 1. The van der Waals surface area contributed by atoms with Gasteiger partial charge in [0.05, 0.1) is 6.34 Å². The van der Waals surface area contributed by atoms with Gasteiger partial charge in [-0.2, -0.15) is 0 Å². The predicted octanol–water partition coefficient (Wildman–Crippen LogP) is 3.47. The highest BCUT2D eigenvalue weighted by molar-refractivity contribution is 5.85. The number of anilines is 1. The second-order valence-corrected chi connectivity index (χ2v) is 3.70. The fourth-order valence-electron chi connectivity index (χ4n) is 1.92. The number of halogens is 2. The van der Waals surface area contributed by atoms with Crippen LogP contribution in [-0.4, -0.2) is 11.3 Å². The Morgan fingerprint density at radius 1 is 1.00 bits per heavy atom. The van der Waals surface area contributed by atoms with Crippen molar-refractivity contribution in [2.75, 3.05) is 5.32 Å². The van der Waals surface area contributed by atoms with Crippen LogP contribution in [0.15, 0.2) is 53.8 Å². The molecule has 2 aromatic rings. The number of hydrogen-bond acceptors (Lipinski definition) is 3. The minimum atomic E-state index is 0. The highest BCUT2D eigenvalue weighted by atomic mass is 35.5. The molecule has 1 aromatic carbocycles. The number of hydrogen-bond donors (Lipinski definition) is 1. The predicted molar refractivity (Wildman–Crippen MR) is 79.1 cm³/mol. The molecule has 94 valence electrons. The van der Waals surface area contributed by atoms with Crippen molar-refractivity contribution in [2.45, 2.75) is 6.04 Å². The van der Waals surface area contributed by atoms with Crippen LogP contribution in [0.1, 0.15) is 17.2 Å². The van der Waals surface area contributed by atoms with E-state index in [4.69, 9.17) is 0 Å². The minimum Gasteiger partial charge on any atom is -0.346 e. The molecule has 1 aliphatic rings. The SMILES string of the molecule is C1=NC(c2ccccc2)c2cnccc2N1.Cl.Cl. The molecule has 0 bridgehead atoms. The summed E-state index contributed by atoms with van der Waals surface area (Å²) >= 11 is 0. The molecular formula is C13H13Cl2N3. The van der Waals surface area contributed by atoms with E-state index >= 15 is 0 Å². The number of nitrogens with one attached hydrogen (secondary N) is 1. The molecule has 0 fully saturated rings. The molecular weight excluding hydrogens is 269 g/mol. The Morgan fingerprint density at radius 2 is 1.78 bits per heavy atom. The van der Waals surface area contributed by atoms with Crippen molar-refractivity contribution in [2.24, 2.45) is 4.99 Å². The van der Waals surface area contributed by atoms with E-state index in [0.717, 1.165) is 11.3 Å². The van der Waals surface area contributed by atoms with E-state index in [1.54, 1.807) is 12.5 Å². The molecule has 3 rings (SSSR count). The summed E-state index contributed by atoms with van der Waals surface area (Å²) in [7, 11) is 0. The average molecular weight is 282 g/mol. The highest BCUT2D eigenvalue weighted by Gasteiger charge is 2.18. The Balaban J connectivity index is 0.000000810. The number of aliphatic imine (C=N–C) groups is 1. The normalized spacial score (nSPS) is 15.7. The molecule has 1 aliphatic heterocycles. The molecule has 1 N–H and O–H groups in total. The van der Waals surface area contributed by atoms with Crippen LogP contribution in [0, 0.1) is 0 Å². The summed E-state index contributed by atoms with van der Waals surface area (Å²) < 4.78 is 0. The van der Waals surface area contributed by atoms with E-state index < -0.39 is 0 Å². The zero-order valence-electron chi connectivity index (χ0n) is 9.48. The molecule has 0 saturated heterocycles. The first kappa shape index (κ1) is 14.5. The third-order valence-electron chi connectivity index (χ3n) is 2.71. The maximum absolute atomic E-state index is 4.46. The second kappa shape index (κ2) is 6.38. The van der Waals surface area contributed by atoms with E-state index in [1.165, 1.54) is 5.56 Å². The van der Waals surface area contributed by atoms with Gasteiger partial charge in [0.2, 0.25) is 0 Å². The second-order valence-electron chi connectivity index (χ2n) is 3.70. The quantitative estimate of drug-likeness (QED) is 0.869. The van der Waals surface area contributed by atoms with E-state index in [2.05, 4.69) is 27.4 Å². The zero-order chi connectivity index (χ0) is 10.8. The third kappa shape index (κ3) is 2.63. The molecule has 0 spiro atoms. The van der Waals surface area contributed by atoms with Gasteiger partial charge in [0.25, 0.3) is 0 Å². The van der Waals surface area contributed by atoms with Crippen LogP contribution in [-0.2, 0) is 0 Å². The maximum atomic E-state index is 4.46. The van der Waals surface area contributed by atoms with Crippen LogP contribution in [0.5, 0.6) is 0 Å². The molecule has 5 heteroatoms. The molecule has 2 heterocycles. The van der Waals surface area contributed by atoms with Crippen molar-refractivity contribution in [3.8, 4) is 0 Å². The summed E-state index contributed by atoms with van der Waals surface area (Å²) in [6.07, 6.45) is 5.41. The van der Waals surface area contributed by atoms with Crippen LogP contribution in [0.3, 0.4) is 0 Å². The summed E-state index contributed by atoms with van der Waals surface area (Å²) in [4.78, 5) is 8.62. The summed E-state index contributed by atoms with van der Waals surface area (Å²) in [5, 5.41) is 3.13. The zero-order valence-corrected chi connectivity index (χ0v) is 11.1. The number of benzene rings is 1. The van der Waals surface area contributed by atoms with Crippen molar-refractivity contribution in [3.63, 3.8) is 0 Å². The van der Waals surface area contributed by atoms with Gasteiger partial charge in [-0.1, -0.05) is 30.3 Å². The first-order valence-electron chi connectivity index (χ1n) is 5.22. The first-order valence-corrected chi connectivity index (χ1v) is 5.22. The standard InChI is InChI=1S/C13H11N3.2ClH/c1-2-4-10(5-3-1)13-11-8-14-7-6-12(11)15-9-16-13;;/h1-9,13H,(H,15,16);2*1H. The molecule has 0 amide bonds. The number of aromatic nitrogens is 1. The molecule has 1 unspecified atom stereocenters. The lowest BCUT2D eigenvalue weighted by atomic mass is 9.99. The largest absolute Gasteiger partial charge is 0.346 e. The van der Waals surface area contributed by atoms with Gasteiger partial charge in [0, 0.05) is 23.6 Å². The first-order chi connectivity index (χ1) is 7.95. The Bertz CT molecular complexity index is 529. The molecule has 1 aromatic heterocycles. The van der Waals surface area contributed by atoms with E-state index in [1.807, 2.05) is 30.5 Å². The highest BCUT2D eigenvalue weighted by Crippen LogP contribution is 2.32. The lowest BCUT2D eigenvalue weighted by molar-refractivity contribution is 0.862. The van der Waals surface area contributed by atoms with Gasteiger partial charge >= 0.3 is 0 Å². The van der Waals surface area contributed by atoms with Crippen LogP contribution >= 0.6 is 24.8 Å². The number of nitrogens with zero attached hydrogens (tertiary/aromatic N) is 2. The summed E-state index contributed by atoms with van der Waals surface area (Å²) in [6, 6.07) is 12.3. The van der Waals surface area contributed by atoms with Gasteiger partial charge in [0.1, 0.15) is 6.04 Å². The van der Waals surface area contributed by atoms with Gasteiger partial charge in [0.15, 0.2) is 0 Å². The van der Waals surface area contributed by atoms with Crippen LogP contribution in [0.4, 0.5) is 5.69 Å². The summed E-state index contributed by atoms with van der Waals surface area (Å²) in [6.45, 7) is 0. The topological polar surface area (TPSA) is 37.3 Å². The van der Waals surface area contributed by atoms with E-state index in [0.29, 0.717) is 0 Å². The Hall–Kier alpha value is -1.58. The van der Waals surface area contributed by atoms with Crippen LogP contribution < -0.4 is 5.32 Å². The summed E-state index contributed by atoms with van der Waals surface area (Å²) in [5.74, 6) is 0. The minimum absolute atomic E-state index is 0. The Kier molecular flexibility index (Phi) is 5.13. The van der Waals surface area contributed by atoms with Gasteiger partial charge in [-0.15, -0.1) is 24.8 Å². The molecule has 0 aliphatic carbocycles. The smallest absolute Gasteiger partial charge is 0.105 e. The Labute approximate surface area is 118 Å². The summed E-state index contributed by atoms with van der Waals surface area (Å²) in [5.41, 5.74) is 3.39. The number of pyridine rings is 1. The van der Waals surface area contributed by atoms with Gasteiger partial charge < -0.3 is 5.32 Å². The monoisotopic (exact) mass is 281 g/mol. The van der Waals surface area contributed by atoms with Crippen LogP contribution in [0.2, 0.25) is 0 Å². The van der Waals surface area contributed by atoms with Gasteiger partial charge in [-0.05, 0) is 11.6 Å². The molecule has 0 radical (unpaired) electrons. The fourth-order valence-corrected chi connectivity index (χ4v) is 1.92. The average Bonchev–Trinajstić information content (AvgIpc) is 2.39. The maximum Gasteiger partial charge on any atom is 0.105 e. The van der Waals surface area contributed by atoms with Crippen molar-refractivity contribution in [1.29, 1.82) is 0 Å². The third-order valence-corrected chi connectivity index (χ3v) is 2.71. The van der Waals surface area contributed by atoms with Crippen molar-refractivity contribution >= 4 is 36.8 Å². The molecule has 3 nitrogen and oxygen atoms in total. The van der Waals surface area contributed by atoms with E-state index in [-0.39, 0.29) is 30.9 Å².